The number of amides is 2. The smallest absolute Gasteiger partial charge is 0.426 e. The van der Waals surface area contributed by atoms with E-state index in [9.17, 15) is 35.9 Å². The maximum atomic E-state index is 14.3. The summed E-state index contributed by atoms with van der Waals surface area (Å²) in [6.07, 6.45) is -9.36. The monoisotopic (exact) mass is 637 g/mol. The van der Waals surface area contributed by atoms with Gasteiger partial charge in [-0.25, -0.2) is 4.98 Å². The zero-order valence-corrected chi connectivity index (χ0v) is 22.8. The SMILES string of the molecule is C=CCC[C@@](OCc1ccccc1)(C(=O)NNC(=O)c1nc(O[C@H](C)CC=C)c(C(F)(F)F)cc1Br)C(F)(F)F. The van der Waals surface area contributed by atoms with Gasteiger partial charge in [0.05, 0.1) is 6.61 Å². The summed E-state index contributed by atoms with van der Waals surface area (Å²) in [5, 5.41) is 0. The largest absolute Gasteiger partial charge is 0.474 e. The van der Waals surface area contributed by atoms with Gasteiger partial charge >= 0.3 is 12.4 Å². The van der Waals surface area contributed by atoms with E-state index in [0.29, 0.717) is 11.6 Å². The predicted octanol–water partition coefficient (Wildman–Crippen LogP) is 6.45. The van der Waals surface area contributed by atoms with Crippen molar-refractivity contribution in [3.8, 4) is 5.88 Å². The van der Waals surface area contributed by atoms with Gasteiger partial charge < -0.3 is 9.47 Å². The van der Waals surface area contributed by atoms with Crippen LogP contribution < -0.4 is 15.6 Å². The highest BCUT2D eigenvalue weighted by Gasteiger charge is 2.61. The molecule has 0 aliphatic heterocycles. The molecule has 0 spiro atoms. The van der Waals surface area contributed by atoms with E-state index in [1.165, 1.54) is 25.1 Å². The molecule has 7 nitrogen and oxygen atoms in total. The molecule has 1 heterocycles. The second-order valence-corrected chi connectivity index (χ2v) is 9.31. The van der Waals surface area contributed by atoms with E-state index in [1.807, 2.05) is 0 Å². The van der Waals surface area contributed by atoms with Gasteiger partial charge in [-0.05, 0) is 47.3 Å². The lowest BCUT2D eigenvalue weighted by Gasteiger charge is -2.34. The van der Waals surface area contributed by atoms with Crippen LogP contribution in [0.3, 0.4) is 0 Å². The van der Waals surface area contributed by atoms with E-state index >= 15 is 0 Å². The van der Waals surface area contributed by atoms with Crippen LogP contribution in [0.15, 0.2) is 66.2 Å². The summed E-state index contributed by atoms with van der Waals surface area (Å²) in [6, 6.07) is 8.32. The van der Waals surface area contributed by atoms with Crippen LogP contribution in [0.25, 0.3) is 0 Å². The molecule has 0 aliphatic rings. The van der Waals surface area contributed by atoms with Crippen molar-refractivity contribution in [1.29, 1.82) is 0 Å². The Labute approximate surface area is 234 Å². The summed E-state index contributed by atoms with van der Waals surface area (Å²) in [4.78, 5) is 29.3. The first-order chi connectivity index (χ1) is 18.7. The molecule has 2 atom stereocenters. The number of rotatable bonds is 12. The van der Waals surface area contributed by atoms with Crippen molar-refractivity contribution < 1.29 is 45.4 Å². The first-order valence-corrected chi connectivity index (χ1v) is 12.5. The second-order valence-electron chi connectivity index (χ2n) is 8.46. The van der Waals surface area contributed by atoms with Gasteiger partial charge in [-0.15, -0.1) is 13.2 Å². The maximum absolute atomic E-state index is 14.3. The number of carbonyl (C=O) groups excluding carboxylic acids is 2. The highest BCUT2D eigenvalue weighted by Crippen LogP contribution is 2.40. The van der Waals surface area contributed by atoms with Crippen molar-refractivity contribution in [2.75, 3.05) is 0 Å². The van der Waals surface area contributed by atoms with Crippen LogP contribution in [0.4, 0.5) is 26.3 Å². The fraction of sp³-hybridized carbons (Fsp3) is 0.346. The Hall–Kier alpha value is -3.39. The number of nitrogens with one attached hydrogen (secondary N) is 2. The Balaban J connectivity index is 2.35. The third-order valence-corrected chi connectivity index (χ3v) is 6.02. The van der Waals surface area contributed by atoms with Gasteiger partial charge in [0.2, 0.25) is 11.5 Å². The molecule has 0 aliphatic carbocycles. The number of hydrazine groups is 1. The Morgan fingerprint density at radius 2 is 1.73 bits per heavy atom. The number of halogens is 7. The van der Waals surface area contributed by atoms with Crippen molar-refractivity contribution in [3.63, 3.8) is 0 Å². The molecule has 2 N–H and O–H groups in total. The maximum Gasteiger partial charge on any atom is 0.426 e. The van der Waals surface area contributed by atoms with Gasteiger partial charge in [0.1, 0.15) is 17.4 Å². The van der Waals surface area contributed by atoms with Gasteiger partial charge in [0, 0.05) is 10.9 Å². The number of nitrogens with zero attached hydrogens (tertiary/aromatic N) is 1. The van der Waals surface area contributed by atoms with Crippen LogP contribution in [0.2, 0.25) is 0 Å². The number of benzene rings is 1. The quantitative estimate of drug-likeness (QED) is 0.159. The standard InChI is InChI=1S/C26H26BrF6N3O4/c1-4-6-13-24(26(31,32)33,39-15-17-11-8-7-9-12-17)23(38)36-35-21(37)20-19(27)14-18(25(28,29)30)22(34-20)40-16(3)10-5-2/h4-5,7-9,11-12,14,16H,1-2,6,10,13,15H2,3H3,(H,35,37)(H,36,38)/t16-,24-/m1/s1. The number of ether oxygens (including phenoxy) is 2. The number of pyridine rings is 1. The Kier molecular flexibility index (Phi) is 11.3. The van der Waals surface area contributed by atoms with Crippen LogP contribution >= 0.6 is 15.9 Å². The Morgan fingerprint density at radius 1 is 1.07 bits per heavy atom. The van der Waals surface area contributed by atoms with Crippen molar-refractivity contribution >= 4 is 27.7 Å². The number of allylic oxidation sites excluding steroid dienone is 1. The Bertz CT molecular complexity index is 1210. The van der Waals surface area contributed by atoms with Crippen LogP contribution in [-0.4, -0.2) is 34.7 Å². The first-order valence-electron chi connectivity index (χ1n) is 11.7. The van der Waals surface area contributed by atoms with Crippen LogP contribution in [0.5, 0.6) is 5.88 Å². The van der Waals surface area contributed by atoms with E-state index in [-0.39, 0.29) is 12.8 Å². The summed E-state index contributed by atoms with van der Waals surface area (Å²) in [5.41, 5.74) is -1.60. The zero-order chi connectivity index (χ0) is 30.1. The molecular formula is C26H26BrF6N3O4. The molecule has 2 rings (SSSR count). The number of aromatic nitrogens is 1. The fourth-order valence-electron chi connectivity index (χ4n) is 3.36. The van der Waals surface area contributed by atoms with Crippen molar-refractivity contribution in [2.45, 2.75) is 56.9 Å². The minimum atomic E-state index is -5.23. The summed E-state index contributed by atoms with van der Waals surface area (Å²) in [5.74, 6) is -4.02. The molecular weight excluding hydrogens is 612 g/mol. The molecule has 1 aromatic carbocycles. The first kappa shape index (κ1) is 32.8. The van der Waals surface area contributed by atoms with Crippen molar-refractivity contribution in [3.05, 3.63) is 83.0 Å². The Morgan fingerprint density at radius 3 is 2.27 bits per heavy atom. The van der Waals surface area contributed by atoms with Crippen LogP contribution in [0, 0.1) is 0 Å². The molecule has 0 bridgehead atoms. The molecule has 2 amide bonds. The summed E-state index contributed by atoms with van der Waals surface area (Å²) < 4.78 is 93.4. The van der Waals surface area contributed by atoms with E-state index in [0.717, 1.165) is 6.08 Å². The normalized spacial score (nSPS) is 14.0. The summed E-state index contributed by atoms with van der Waals surface area (Å²) in [6.45, 7) is 7.70. The topological polar surface area (TPSA) is 89.6 Å². The minimum absolute atomic E-state index is 0.153. The lowest BCUT2D eigenvalue weighted by Crippen LogP contribution is -2.61. The van der Waals surface area contributed by atoms with Gasteiger partial charge in [0.15, 0.2) is 0 Å². The highest BCUT2D eigenvalue weighted by atomic mass is 79.9. The predicted molar refractivity (Wildman–Crippen MR) is 137 cm³/mol. The van der Waals surface area contributed by atoms with Gasteiger partial charge in [0.25, 0.3) is 11.8 Å². The van der Waals surface area contributed by atoms with Gasteiger partial charge in [-0.2, -0.15) is 26.3 Å². The van der Waals surface area contributed by atoms with Gasteiger partial charge in [-0.3, -0.25) is 20.4 Å². The average Bonchev–Trinajstić information content (AvgIpc) is 2.87. The van der Waals surface area contributed by atoms with Crippen LogP contribution in [-0.2, 0) is 22.3 Å². The summed E-state index contributed by atoms with van der Waals surface area (Å²) in [7, 11) is 0. The molecule has 14 heteroatoms. The van der Waals surface area contributed by atoms with E-state index in [2.05, 4.69) is 34.1 Å². The lowest BCUT2D eigenvalue weighted by atomic mass is 9.95. The lowest BCUT2D eigenvalue weighted by molar-refractivity contribution is -0.273. The number of hydrogen-bond acceptors (Lipinski definition) is 5. The molecule has 0 fully saturated rings. The second kappa shape index (κ2) is 13.8. The van der Waals surface area contributed by atoms with Crippen LogP contribution in [0.1, 0.15) is 47.8 Å². The van der Waals surface area contributed by atoms with E-state index < -0.39 is 70.5 Å². The third kappa shape index (κ3) is 8.31. The van der Waals surface area contributed by atoms with Crippen molar-refractivity contribution in [1.82, 2.24) is 15.8 Å². The van der Waals surface area contributed by atoms with E-state index in [4.69, 9.17) is 9.47 Å². The third-order valence-electron chi connectivity index (χ3n) is 5.42. The molecule has 2 aromatic rings. The molecule has 218 valence electrons. The molecule has 1 aromatic heterocycles. The minimum Gasteiger partial charge on any atom is -0.474 e. The molecule has 0 radical (unpaired) electrons. The number of hydrogen-bond donors (Lipinski definition) is 2. The average molecular weight is 638 g/mol. The fourth-order valence-corrected chi connectivity index (χ4v) is 3.86. The molecule has 0 saturated heterocycles. The zero-order valence-electron chi connectivity index (χ0n) is 21.2. The highest BCUT2D eigenvalue weighted by molar-refractivity contribution is 9.10. The number of alkyl halides is 6. The molecule has 40 heavy (non-hydrogen) atoms. The molecule has 0 saturated carbocycles. The van der Waals surface area contributed by atoms with Gasteiger partial charge in [-0.1, -0.05) is 42.5 Å². The van der Waals surface area contributed by atoms with Crippen molar-refractivity contribution in [2.24, 2.45) is 0 Å². The number of carbonyl (C=O) groups is 2. The summed E-state index contributed by atoms with van der Waals surface area (Å²) >= 11 is 2.81. The van der Waals surface area contributed by atoms with E-state index in [1.54, 1.807) is 29.1 Å². The molecule has 0 unspecified atom stereocenters.